The Morgan fingerprint density at radius 1 is 1.15 bits per heavy atom. The van der Waals surface area contributed by atoms with Crippen LogP contribution in [0, 0.1) is 11.7 Å². The molecule has 0 bridgehead atoms. The number of H-pyrrole nitrogens is 1. The van der Waals surface area contributed by atoms with E-state index in [1.54, 1.807) is 11.0 Å². The second-order valence-corrected chi connectivity index (χ2v) is 10.5. The van der Waals surface area contributed by atoms with Crippen LogP contribution in [0.25, 0.3) is 21.8 Å². The zero-order valence-electron chi connectivity index (χ0n) is 21.5. The number of aromatic amines is 1. The largest absolute Gasteiger partial charge is 0.458 e. The maximum Gasteiger partial charge on any atom is 0.319 e. The van der Waals surface area contributed by atoms with Gasteiger partial charge < -0.3 is 24.6 Å². The van der Waals surface area contributed by atoms with Crippen LogP contribution in [0.4, 0.5) is 10.2 Å². The van der Waals surface area contributed by atoms with Crippen molar-refractivity contribution in [2.24, 2.45) is 5.92 Å². The molecule has 5 heterocycles. The maximum absolute atomic E-state index is 14.6. The number of anilines is 1. The number of carbonyl (C=O) groups is 1. The molecule has 2 saturated heterocycles. The van der Waals surface area contributed by atoms with Gasteiger partial charge in [-0.05, 0) is 12.1 Å². The molecule has 6 rings (SSSR count). The average Bonchev–Trinajstić information content (AvgIpc) is 3.59. The monoisotopic (exact) mass is 586 g/mol. The number of halogens is 3. The molecule has 2 fully saturated rings. The summed E-state index contributed by atoms with van der Waals surface area (Å²) in [6.45, 7) is 9.11. The van der Waals surface area contributed by atoms with Crippen molar-refractivity contribution in [3.05, 3.63) is 47.0 Å². The van der Waals surface area contributed by atoms with Crippen molar-refractivity contribution in [2.75, 3.05) is 44.2 Å². The molecule has 0 aliphatic carbocycles. The number of carbonyl (C=O) groups excluding carboxylic acids is 1. The number of hydrogen-bond donors (Lipinski definition) is 2. The maximum atomic E-state index is 14.6. The van der Waals surface area contributed by atoms with Crippen LogP contribution in [0.15, 0.2) is 31.0 Å². The minimum atomic E-state index is -0.686. The van der Waals surface area contributed by atoms with Gasteiger partial charge in [0.25, 0.3) is 0 Å². The Balaban J connectivity index is 1.46. The smallest absolute Gasteiger partial charge is 0.319 e. The molecule has 11 nitrogen and oxygen atoms in total. The third-order valence-corrected chi connectivity index (χ3v) is 7.69. The Morgan fingerprint density at radius 3 is 2.67 bits per heavy atom. The first-order chi connectivity index (χ1) is 19.3. The van der Waals surface area contributed by atoms with E-state index < -0.39 is 5.82 Å². The molecule has 208 valence electrons. The van der Waals surface area contributed by atoms with Gasteiger partial charge in [-0.1, -0.05) is 36.7 Å². The van der Waals surface area contributed by atoms with Gasteiger partial charge in [0.05, 0.1) is 22.5 Å². The van der Waals surface area contributed by atoms with Crippen molar-refractivity contribution >= 4 is 56.7 Å². The molecule has 40 heavy (non-hydrogen) atoms. The van der Waals surface area contributed by atoms with Crippen LogP contribution in [-0.4, -0.2) is 81.3 Å². The van der Waals surface area contributed by atoms with Crippen LogP contribution in [0.3, 0.4) is 0 Å². The van der Waals surface area contributed by atoms with Crippen molar-refractivity contribution < 1.29 is 18.7 Å². The van der Waals surface area contributed by atoms with Crippen molar-refractivity contribution in [3.8, 4) is 17.6 Å². The van der Waals surface area contributed by atoms with E-state index in [0.717, 1.165) is 6.54 Å². The van der Waals surface area contributed by atoms with E-state index >= 15 is 0 Å². The Bertz CT molecular complexity index is 1630. The summed E-state index contributed by atoms with van der Waals surface area (Å²) in [5, 5.41) is 10.9. The molecule has 2 atom stereocenters. The van der Waals surface area contributed by atoms with E-state index in [4.69, 9.17) is 37.7 Å². The van der Waals surface area contributed by atoms with Crippen LogP contribution in [0.2, 0.25) is 10.2 Å². The van der Waals surface area contributed by atoms with E-state index in [1.165, 1.54) is 18.3 Å². The summed E-state index contributed by atoms with van der Waals surface area (Å²) in [7, 11) is 0. The lowest BCUT2D eigenvalue weighted by atomic mass is 10.1. The van der Waals surface area contributed by atoms with Crippen molar-refractivity contribution in [1.29, 1.82) is 0 Å². The van der Waals surface area contributed by atoms with Crippen LogP contribution >= 0.6 is 23.2 Å². The van der Waals surface area contributed by atoms with Crippen LogP contribution in [0.5, 0.6) is 17.6 Å². The second kappa shape index (κ2) is 10.7. The first-order valence-electron chi connectivity index (χ1n) is 12.7. The third-order valence-electron chi connectivity index (χ3n) is 7.14. The van der Waals surface area contributed by atoms with Gasteiger partial charge in [-0.15, -0.1) is 0 Å². The number of hydrogen-bond acceptors (Lipinski definition) is 9. The molecule has 1 amide bonds. The summed E-state index contributed by atoms with van der Waals surface area (Å²) in [6.07, 6.45) is 2.65. The van der Waals surface area contributed by atoms with E-state index in [9.17, 15) is 9.18 Å². The van der Waals surface area contributed by atoms with Gasteiger partial charge in [0, 0.05) is 51.3 Å². The lowest BCUT2D eigenvalue weighted by Crippen LogP contribution is -2.48. The van der Waals surface area contributed by atoms with Gasteiger partial charge in [-0.2, -0.15) is 20.1 Å². The van der Waals surface area contributed by atoms with E-state index in [2.05, 4.69) is 39.0 Å². The molecule has 1 unspecified atom stereocenters. The summed E-state index contributed by atoms with van der Waals surface area (Å²) in [6, 6.07) is 3.02. The normalized spacial score (nSPS) is 19.4. The number of amides is 1. The zero-order valence-corrected chi connectivity index (χ0v) is 23.0. The minimum Gasteiger partial charge on any atom is -0.458 e. The summed E-state index contributed by atoms with van der Waals surface area (Å²) >= 11 is 12.8. The summed E-state index contributed by atoms with van der Waals surface area (Å²) in [5.74, 6) is 0.0134. The fraction of sp³-hybridized carbons (Fsp3) is 0.346. The predicted molar refractivity (Wildman–Crippen MR) is 149 cm³/mol. The number of ether oxygens (including phenoxy) is 2. The number of piperazine rings is 1. The number of fused-ring (bicyclic) bond motifs is 2. The van der Waals surface area contributed by atoms with Gasteiger partial charge in [0.15, 0.2) is 5.75 Å². The molecular formula is C26H25Cl2FN8O3. The number of rotatable bonds is 6. The summed E-state index contributed by atoms with van der Waals surface area (Å²) < 4.78 is 27.0. The van der Waals surface area contributed by atoms with E-state index in [0.29, 0.717) is 60.3 Å². The molecule has 3 aromatic heterocycles. The van der Waals surface area contributed by atoms with Gasteiger partial charge in [0.1, 0.15) is 33.4 Å². The second-order valence-electron chi connectivity index (χ2n) is 9.72. The van der Waals surface area contributed by atoms with Crippen LogP contribution in [0.1, 0.15) is 6.92 Å². The molecular weight excluding hydrogens is 562 g/mol. The summed E-state index contributed by atoms with van der Waals surface area (Å²) in [4.78, 5) is 29.7. The van der Waals surface area contributed by atoms with Gasteiger partial charge >= 0.3 is 6.01 Å². The van der Waals surface area contributed by atoms with E-state index in [1.807, 2.05) is 4.90 Å². The number of nitrogens with one attached hydrogen (secondary N) is 2. The summed E-state index contributed by atoms with van der Waals surface area (Å²) in [5.41, 5.74) is 0.710. The van der Waals surface area contributed by atoms with Crippen molar-refractivity contribution in [2.45, 2.75) is 13.0 Å². The highest BCUT2D eigenvalue weighted by atomic mass is 35.5. The third kappa shape index (κ3) is 4.87. The number of benzene rings is 1. The fourth-order valence-corrected chi connectivity index (χ4v) is 5.33. The predicted octanol–water partition coefficient (Wildman–Crippen LogP) is 3.96. The Labute approximate surface area is 238 Å². The number of pyridine rings is 1. The first-order valence-corrected chi connectivity index (χ1v) is 13.5. The molecule has 0 radical (unpaired) electrons. The Morgan fingerprint density at radius 2 is 1.95 bits per heavy atom. The van der Waals surface area contributed by atoms with Gasteiger partial charge in [-0.25, -0.2) is 4.39 Å². The minimum absolute atomic E-state index is 0.00377. The Hall–Kier alpha value is -3.74. The molecule has 0 saturated carbocycles. The lowest BCUT2D eigenvalue weighted by molar-refractivity contribution is -0.126. The zero-order chi connectivity index (χ0) is 28.0. The van der Waals surface area contributed by atoms with Crippen molar-refractivity contribution in [1.82, 2.24) is 35.4 Å². The quantitative estimate of drug-likeness (QED) is 0.255. The highest BCUT2D eigenvalue weighted by molar-refractivity contribution is 6.33. The molecule has 4 aromatic rings. The highest BCUT2D eigenvalue weighted by Crippen LogP contribution is 2.41. The molecule has 14 heteroatoms. The molecule has 1 aromatic carbocycles. The lowest BCUT2D eigenvalue weighted by Gasteiger charge is -2.35. The number of nitrogens with zero attached hydrogens (tertiary/aromatic N) is 6. The first kappa shape index (κ1) is 26.5. The van der Waals surface area contributed by atoms with Gasteiger partial charge in [0.2, 0.25) is 11.8 Å². The van der Waals surface area contributed by atoms with Gasteiger partial charge in [-0.3, -0.25) is 9.89 Å². The molecule has 2 N–H and O–H groups in total. The molecule has 0 spiro atoms. The standard InChI is InChI=1S/C26H25Cl2FN8O3/c1-3-20(38)36-4-6-37(7-5-36)24-14-8-19(27)32-25(22(14)33-26(34-24)39-18-12-30-10-13(18)2)40-23-15-11-31-35-17(15)9-16(29)21(23)28/h3,8-9,11,13,18,30H,1,4-7,10,12H2,2H3,(H,31,35)/t13?,18-/m1/s1. The molecule has 2 aliphatic rings. The van der Waals surface area contributed by atoms with E-state index in [-0.39, 0.29) is 45.7 Å². The average molecular weight is 587 g/mol. The molecule has 2 aliphatic heterocycles. The fourth-order valence-electron chi connectivity index (χ4n) is 4.95. The van der Waals surface area contributed by atoms with Crippen molar-refractivity contribution in [3.63, 3.8) is 0 Å². The number of aromatic nitrogens is 5. The topological polar surface area (TPSA) is 121 Å². The van der Waals surface area contributed by atoms with Crippen LogP contribution in [-0.2, 0) is 4.79 Å². The SMILES string of the molecule is C=CC(=O)N1CCN(c2nc(O[C@@H]3CNCC3C)nc3c(Oc4c(Cl)c(F)cc5[nH]ncc45)nc(Cl)cc23)CC1. The highest BCUT2D eigenvalue weighted by Gasteiger charge is 2.29. The Kier molecular flexibility index (Phi) is 7.07. The van der Waals surface area contributed by atoms with Crippen LogP contribution < -0.4 is 19.7 Å².